The molecule has 1 fully saturated rings. The van der Waals surface area contributed by atoms with Crippen LogP contribution in [0.3, 0.4) is 0 Å². The van der Waals surface area contributed by atoms with Crippen LogP contribution in [0.2, 0.25) is 0 Å². The van der Waals surface area contributed by atoms with E-state index in [1.807, 2.05) is 0 Å². The number of hydrogen-bond acceptors (Lipinski definition) is 1. The van der Waals surface area contributed by atoms with E-state index in [0.717, 1.165) is 18.4 Å². The van der Waals surface area contributed by atoms with Crippen molar-refractivity contribution >= 4 is 0 Å². The van der Waals surface area contributed by atoms with Crippen LogP contribution in [-0.2, 0) is 6.42 Å². The molecule has 1 saturated carbocycles. The van der Waals surface area contributed by atoms with Crippen LogP contribution in [0.5, 0.6) is 0 Å². The molecule has 1 atom stereocenters. The highest BCUT2D eigenvalue weighted by molar-refractivity contribution is 5.23. The quantitative estimate of drug-likeness (QED) is 0.790. The maximum absolute atomic E-state index is 3.82. The van der Waals surface area contributed by atoms with E-state index in [4.69, 9.17) is 0 Å². The molecule has 0 radical (unpaired) electrons. The third-order valence-electron chi connectivity index (χ3n) is 4.82. The van der Waals surface area contributed by atoms with Crippen molar-refractivity contribution in [3.05, 3.63) is 35.4 Å². The van der Waals surface area contributed by atoms with Crippen LogP contribution in [0.25, 0.3) is 0 Å². The van der Waals surface area contributed by atoms with Gasteiger partial charge in [-0.25, -0.2) is 0 Å². The highest BCUT2D eigenvalue weighted by Gasteiger charge is 2.25. The molecule has 1 aliphatic rings. The number of aryl methyl sites for hydroxylation is 1. The zero-order valence-electron chi connectivity index (χ0n) is 13.5. The first-order valence-corrected chi connectivity index (χ1v) is 8.48. The molecule has 0 amide bonds. The van der Waals surface area contributed by atoms with E-state index in [2.05, 4.69) is 50.4 Å². The average Bonchev–Trinajstić information content (AvgIpc) is 2.44. The molecular formula is C19H31N. The summed E-state index contributed by atoms with van der Waals surface area (Å²) in [7, 11) is 0. The van der Waals surface area contributed by atoms with Gasteiger partial charge in [0.15, 0.2) is 0 Å². The molecular weight excluding hydrogens is 242 g/mol. The molecule has 0 bridgehead atoms. The molecule has 20 heavy (non-hydrogen) atoms. The molecule has 1 aliphatic carbocycles. The summed E-state index contributed by atoms with van der Waals surface area (Å²) in [6.45, 7) is 8.02. The molecule has 1 aromatic rings. The fourth-order valence-corrected chi connectivity index (χ4v) is 3.52. The summed E-state index contributed by atoms with van der Waals surface area (Å²) in [6, 6.07) is 9.71. The summed E-state index contributed by atoms with van der Waals surface area (Å²) >= 11 is 0. The fourth-order valence-electron chi connectivity index (χ4n) is 3.52. The van der Waals surface area contributed by atoms with Crippen LogP contribution in [-0.4, -0.2) is 12.6 Å². The fraction of sp³-hybridized carbons (Fsp3) is 0.684. The first-order valence-electron chi connectivity index (χ1n) is 8.48. The van der Waals surface area contributed by atoms with Gasteiger partial charge in [0.2, 0.25) is 0 Å². The lowest BCUT2D eigenvalue weighted by atomic mass is 9.77. The van der Waals surface area contributed by atoms with E-state index in [1.165, 1.54) is 49.7 Å². The molecule has 2 rings (SSSR count). The lowest BCUT2D eigenvalue weighted by Crippen LogP contribution is -2.40. The van der Waals surface area contributed by atoms with E-state index in [0.29, 0.717) is 6.04 Å². The van der Waals surface area contributed by atoms with Gasteiger partial charge in [-0.15, -0.1) is 0 Å². The van der Waals surface area contributed by atoms with Crippen LogP contribution in [0.1, 0.15) is 57.1 Å². The number of rotatable bonds is 6. The Morgan fingerprint density at radius 1 is 1.20 bits per heavy atom. The van der Waals surface area contributed by atoms with Crippen LogP contribution >= 0.6 is 0 Å². The van der Waals surface area contributed by atoms with Crippen molar-refractivity contribution in [3.8, 4) is 0 Å². The van der Waals surface area contributed by atoms with Crippen molar-refractivity contribution in [3.63, 3.8) is 0 Å². The van der Waals surface area contributed by atoms with Crippen molar-refractivity contribution in [2.75, 3.05) is 6.54 Å². The second kappa shape index (κ2) is 7.83. The standard InChI is InChI=1S/C19H31N/c1-4-12-20-19(18-10-8-15(2)9-11-18)14-17-7-5-6-16(3)13-17/h5-7,13,15,18-20H,4,8-12,14H2,1-3H3. The van der Waals surface area contributed by atoms with Crippen molar-refractivity contribution in [2.24, 2.45) is 11.8 Å². The Kier molecular flexibility index (Phi) is 6.09. The van der Waals surface area contributed by atoms with E-state index >= 15 is 0 Å². The minimum atomic E-state index is 0.671. The molecule has 1 N–H and O–H groups in total. The highest BCUT2D eigenvalue weighted by atomic mass is 14.9. The summed E-state index contributed by atoms with van der Waals surface area (Å²) in [5.74, 6) is 1.82. The third-order valence-corrected chi connectivity index (χ3v) is 4.82. The van der Waals surface area contributed by atoms with E-state index in [1.54, 1.807) is 0 Å². The summed E-state index contributed by atoms with van der Waals surface area (Å²) in [5.41, 5.74) is 2.88. The Hall–Kier alpha value is -0.820. The van der Waals surface area contributed by atoms with E-state index in [-0.39, 0.29) is 0 Å². The van der Waals surface area contributed by atoms with Gasteiger partial charge in [-0.3, -0.25) is 0 Å². The van der Waals surface area contributed by atoms with Gasteiger partial charge < -0.3 is 5.32 Å². The van der Waals surface area contributed by atoms with Gasteiger partial charge in [0.05, 0.1) is 0 Å². The lowest BCUT2D eigenvalue weighted by Gasteiger charge is -2.33. The predicted molar refractivity (Wildman–Crippen MR) is 88.1 cm³/mol. The topological polar surface area (TPSA) is 12.0 Å². The zero-order chi connectivity index (χ0) is 14.4. The van der Waals surface area contributed by atoms with Gasteiger partial charge in [0.1, 0.15) is 0 Å². The zero-order valence-corrected chi connectivity index (χ0v) is 13.5. The molecule has 1 unspecified atom stereocenters. The molecule has 1 nitrogen and oxygen atoms in total. The Labute approximate surface area is 125 Å². The Morgan fingerprint density at radius 2 is 1.95 bits per heavy atom. The molecule has 0 saturated heterocycles. The first-order chi connectivity index (χ1) is 9.69. The summed E-state index contributed by atoms with van der Waals surface area (Å²) < 4.78 is 0. The Balaban J connectivity index is 1.99. The largest absolute Gasteiger partial charge is 0.313 e. The molecule has 0 aliphatic heterocycles. The number of benzene rings is 1. The SMILES string of the molecule is CCCNC(Cc1cccc(C)c1)C1CCC(C)CC1. The maximum Gasteiger partial charge on any atom is 0.0136 e. The Morgan fingerprint density at radius 3 is 2.60 bits per heavy atom. The molecule has 0 spiro atoms. The third kappa shape index (κ3) is 4.63. The minimum absolute atomic E-state index is 0.671. The normalized spacial score (nSPS) is 24.6. The summed E-state index contributed by atoms with van der Waals surface area (Å²) in [6.07, 6.45) is 8.09. The Bertz CT molecular complexity index is 391. The molecule has 1 aromatic carbocycles. The van der Waals surface area contributed by atoms with Gasteiger partial charge in [0, 0.05) is 6.04 Å². The van der Waals surface area contributed by atoms with Crippen molar-refractivity contribution in [1.29, 1.82) is 0 Å². The average molecular weight is 273 g/mol. The van der Waals surface area contributed by atoms with Gasteiger partial charge >= 0.3 is 0 Å². The highest BCUT2D eigenvalue weighted by Crippen LogP contribution is 2.31. The molecule has 1 heteroatoms. The van der Waals surface area contributed by atoms with Crippen LogP contribution < -0.4 is 5.32 Å². The minimum Gasteiger partial charge on any atom is -0.313 e. The number of hydrogen-bond donors (Lipinski definition) is 1. The molecule has 112 valence electrons. The van der Waals surface area contributed by atoms with E-state index < -0.39 is 0 Å². The van der Waals surface area contributed by atoms with Gasteiger partial charge in [-0.1, -0.05) is 56.5 Å². The monoisotopic (exact) mass is 273 g/mol. The van der Waals surface area contributed by atoms with Crippen molar-refractivity contribution in [1.82, 2.24) is 5.32 Å². The van der Waals surface area contributed by atoms with E-state index in [9.17, 15) is 0 Å². The predicted octanol–water partition coefficient (Wildman–Crippen LogP) is 4.73. The summed E-state index contributed by atoms with van der Waals surface area (Å²) in [5, 5.41) is 3.82. The van der Waals surface area contributed by atoms with Crippen molar-refractivity contribution < 1.29 is 0 Å². The van der Waals surface area contributed by atoms with Crippen LogP contribution in [0.15, 0.2) is 24.3 Å². The smallest absolute Gasteiger partial charge is 0.0136 e. The van der Waals surface area contributed by atoms with Gasteiger partial charge in [-0.05, 0) is 56.6 Å². The molecule has 0 heterocycles. The first kappa shape index (κ1) is 15.6. The number of nitrogens with one attached hydrogen (secondary N) is 1. The van der Waals surface area contributed by atoms with Crippen LogP contribution in [0.4, 0.5) is 0 Å². The second-order valence-corrected chi connectivity index (χ2v) is 6.77. The summed E-state index contributed by atoms with van der Waals surface area (Å²) in [4.78, 5) is 0. The van der Waals surface area contributed by atoms with Gasteiger partial charge in [-0.2, -0.15) is 0 Å². The lowest BCUT2D eigenvalue weighted by molar-refractivity contribution is 0.229. The molecule has 0 aromatic heterocycles. The van der Waals surface area contributed by atoms with Crippen molar-refractivity contribution in [2.45, 2.75) is 65.3 Å². The van der Waals surface area contributed by atoms with Gasteiger partial charge in [0.25, 0.3) is 0 Å². The van der Waals surface area contributed by atoms with Crippen LogP contribution in [0, 0.1) is 18.8 Å². The maximum atomic E-state index is 3.82. The second-order valence-electron chi connectivity index (χ2n) is 6.77.